The highest BCUT2D eigenvalue weighted by molar-refractivity contribution is 5.96. The number of nitrogens with one attached hydrogen (secondary N) is 3. The van der Waals surface area contributed by atoms with Gasteiger partial charge in [0.1, 0.15) is 11.3 Å². The number of carbonyl (C=O) groups is 1. The van der Waals surface area contributed by atoms with Gasteiger partial charge in [0.05, 0.1) is 5.69 Å². The summed E-state index contributed by atoms with van der Waals surface area (Å²) in [7, 11) is 0. The fraction of sp³-hybridized carbons (Fsp3) is 0.640. The zero-order valence-electron chi connectivity index (χ0n) is 21.1. The van der Waals surface area contributed by atoms with Crippen LogP contribution in [0.25, 0.3) is 11.3 Å². The van der Waals surface area contributed by atoms with E-state index in [9.17, 15) is 18.0 Å². The Balaban J connectivity index is 1.68. The summed E-state index contributed by atoms with van der Waals surface area (Å²) in [6.45, 7) is 12.2. The van der Waals surface area contributed by atoms with Gasteiger partial charge in [0.15, 0.2) is 0 Å². The second-order valence-electron chi connectivity index (χ2n) is 11.5. The molecule has 0 bridgehead atoms. The first-order valence-electron chi connectivity index (χ1n) is 12.2. The molecular weight excluding hydrogens is 457 g/mol. The zero-order valence-corrected chi connectivity index (χ0v) is 21.1. The third-order valence-corrected chi connectivity index (χ3v) is 6.64. The predicted octanol–water partition coefficient (Wildman–Crippen LogP) is 4.87. The number of aromatic nitrogens is 3. The number of rotatable bonds is 4. The number of halogens is 3. The molecule has 0 saturated carbocycles. The number of anilines is 1. The van der Waals surface area contributed by atoms with E-state index in [1.807, 2.05) is 0 Å². The van der Waals surface area contributed by atoms with Crippen LogP contribution < -0.4 is 10.6 Å². The molecule has 192 valence electrons. The van der Waals surface area contributed by atoms with Gasteiger partial charge in [-0.05, 0) is 50.5 Å². The molecular formula is C25H35F3N6O. The molecule has 0 unspecified atom stereocenters. The highest BCUT2D eigenvalue weighted by atomic mass is 19.4. The lowest BCUT2D eigenvalue weighted by atomic mass is 9.91. The summed E-state index contributed by atoms with van der Waals surface area (Å²) >= 11 is 0. The molecule has 10 heteroatoms. The van der Waals surface area contributed by atoms with Crippen LogP contribution >= 0.6 is 0 Å². The number of amides is 1. The lowest BCUT2D eigenvalue weighted by molar-refractivity contribution is -0.137. The van der Waals surface area contributed by atoms with Crippen molar-refractivity contribution in [1.29, 1.82) is 0 Å². The van der Waals surface area contributed by atoms with Gasteiger partial charge in [-0.3, -0.25) is 4.79 Å². The molecule has 2 aliphatic heterocycles. The number of hydrogen-bond acceptors (Lipinski definition) is 5. The average molecular weight is 493 g/mol. The molecule has 2 aromatic heterocycles. The largest absolute Gasteiger partial charge is 0.419 e. The van der Waals surface area contributed by atoms with Crippen LogP contribution in [0.2, 0.25) is 0 Å². The first kappa shape index (κ1) is 25.5. The maximum Gasteiger partial charge on any atom is 0.419 e. The van der Waals surface area contributed by atoms with E-state index in [0.717, 1.165) is 19.0 Å². The van der Waals surface area contributed by atoms with Crippen molar-refractivity contribution in [3.63, 3.8) is 0 Å². The molecule has 2 aromatic rings. The molecule has 2 aliphatic rings. The fourth-order valence-electron chi connectivity index (χ4n) is 4.84. The van der Waals surface area contributed by atoms with Crippen LogP contribution in [0.4, 0.5) is 19.1 Å². The Kier molecular flexibility index (Phi) is 6.63. The maximum atomic E-state index is 14.0. The Morgan fingerprint density at radius 3 is 2.63 bits per heavy atom. The summed E-state index contributed by atoms with van der Waals surface area (Å²) in [5, 5.41) is 6.63. The molecule has 1 saturated heterocycles. The van der Waals surface area contributed by atoms with E-state index in [0.29, 0.717) is 49.3 Å². The minimum atomic E-state index is -4.62. The Hall–Kier alpha value is -2.62. The first-order chi connectivity index (χ1) is 16.2. The van der Waals surface area contributed by atoms with Gasteiger partial charge in [0, 0.05) is 49.2 Å². The van der Waals surface area contributed by atoms with Gasteiger partial charge in [-0.1, -0.05) is 20.8 Å². The number of carbonyl (C=O) groups excluding carboxylic acids is 1. The topological polar surface area (TPSA) is 85.9 Å². The lowest BCUT2D eigenvalue weighted by Crippen LogP contribution is -2.50. The van der Waals surface area contributed by atoms with Gasteiger partial charge in [0.25, 0.3) is 5.91 Å². The summed E-state index contributed by atoms with van der Waals surface area (Å²) in [4.78, 5) is 26.3. The summed E-state index contributed by atoms with van der Waals surface area (Å²) in [6.07, 6.45) is 0.645. The minimum Gasteiger partial charge on any atom is -0.356 e. The Labute approximate surface area is 204 Å². The Bertz CT molecular complexity index is 1080. The third kappa shape index (κ3) is 5.79. The predicted molar refractivity (Wildman–Crippen MR) is 129 cm³/mol. The van der Waals surface area contributed by atoms with Gasteiger partial charge in [0.2, 0.25) is 5.95 Å². The lowest BCUT2D eigenvalue weighted by Gasteiger charge is -2.36. The molecule has 1 atom stereocenters. The molecule has 1 fully saturated rings. The van der Waals surface area contributed by atoms with Crippen LogP contribution in [-0.2, 0) is 12.6 Å². The number of fused-ring (bicyclic) bond motifs is 1. The first-order valence-corrected chi connectivity index (χ1v) is 12.2. The SMILES string of the molecule is CC(C)(C)CN1CCCc2c(-c3nc(N[C@H]4CCC(C)(C)NC4)ncc3C(F)(F)F)c[nH]c2C1=O. The number of hydrogen-bond donors (Lipinski definition) is 3. The highest BCUT2D eigenvalue weighted by Gasteiger charge is 2.38. The van der Waals surface area contributed by atoms with Crippen LogP contribution in [0.1, 0.15) is 75.5 Å². The van der Waals surface area contributed by atoms with Crippen molar-refractivity contribution < 1.29 is 18.0 Å². The van der Waals surface area contributed by atoms with Crippen LogP contribution in [0.15, 0.2) is 12.4 Å². The van der Waals surface area contributed by atoms with Crippen molar-refractivity contribution in [2.24, 2.45) is 5.41 Å². The van der Waals surface area contributed by atoms with Crippen molar-refractivity contribution in [2.75, 3.05) is 25.0 Å². The van der Waals surface area contributed by atoms with Gasteiger partial charge in [-0.15, -0.1) is 0 Å². The second-order valence-corrected chi connectivity index (χ2v) is 11.5. The number of aromatic amines is 1. The molecule has 0 aromatic carbocycles. The van der Waals surface area contributed by atoms with Gasteiger partial charge >= 0.3 is 6.18 Å². The van der Waals surface area contributed by atoms with Crippen LogP contribution in [0.5, 0.6) is 0 Å². The van der Waals surface area contributed by atoms with E-state index in [-0.39, 0.29) is 34.5 Å². The van der Waals surface area contributed by atoms with E-state index < -0.39 is 11.7 Å². The van der Waals surface area contributed by atoms with E-state index in [1.165, 1.54) is 6.20 Å². The van der Waals surface area contributed by atoms with E-state index in [1.54, 1.807) is 4.90 Å². The standard InChI is InChI=1S/C25H35F3N6O/c1-23(2,3)14-34-10-6-7-16-17(12-29-20(16)21(34)35)19-18(25(26,27)28)13-30-22(33-19)32-15-8-9-24(4,5)31-11-15/h12-13,15,29,31H,6-11,14H2,1-5H3,(H,30,32,33)/t15-/m0/s1. The van der Waals surface area contributed by atoms with E-state index in [2.05, 4.69) is 60.2 Å². The van der Waals surface area contributed by atoms with Gasteiger partial charge in [-0.25, -0.2) is 9.97 Å². The van der Waals surface area contributed by atoms with Crippen LogP contribution in [0, 0.1) is 5.41 Å². The normalized spacial score (nSPS) is 21.0. The molecule has 35 heavy (non-hydrogen) atoms. The highest BCUT2D eigenvalue weighted by Crippen LogP contribution is 2.39. The summed E-state index contributed by atoms with van der Waals surface area (Å²) in [5.41, 5.74) is 0.0799. The summed E-state index contributed by atoms with van der Waals surface area (Å²) < 4.78 is 41.9. The molecule has 0 aliphatic carbocycles. The number of alkyl halides is 3. The Morgan fingerprint density at radius 2 is 2.00 bits per heavy atom. The third-order valence-electron chi connectivity index (χ3n) is 6.64. The molecule has 7 nitrogen and oxygen atoms in total. The van der Waals surface area contributed by atoms with Gasteiger partial charge in [-0.2, -0.15) is 13.2 Å². The number of H-pyrrole nitrogens is 1. The van der Waals surface area contributed by atoms with Crippen molar-refractivity contribution in [1.82, 2.24) is 25.2 Å². The second kappa shape index (κ2) is 9.11. The Morgan fingerprint density at radius 1 is 1.26 bits per heavy atom. The number of nitrogens with zero attached hydrogens (tertiary/aromatic N) is 3. The van der Waals surface area contributed by atoms with Crippen molar-refractivity contribution in [2.45, 2.75) is 78.1 Å². The molecule has 0 radical (unpaired) electrons. The van der Waals surface area contributed by atoms with E-state index in [4.69, 9.17) is 0 Å². The molecule has 4 rings (SSSR count). The smallest absolute Gasteiger partial charge is 0.356 e. The van der Waals surface area contributed by atoms with Crippen LogP contribution in [-0.4, -0.2) is 57.0 Å². The monoisotopic (exact) mass is 492 g/mol. The van der Waals surface area contributed by atoms with Crippen molar-refractivity contribution in [3.05, 3.63) is 29.2 Å². The average Bonchev–Trinajstić information content (AvgIpc) is 3.10. The fourth-order valence-corrected chi connectivity index (χ4v) is 4.84. The zero-order chi connectivity index (χ0) is 25.6. The quantitative estimate of drug-likeness (QED) is 0.567. The number of piperidine rings is 1. The minimum absolute atomic E-state index is 0.0171. The molecule has 0 spiro atoms. The van der Waals surface area contributed by atoms with E-state index >= 15 is 0 Å². The summed E-state index contributed by atoms with van der Waals surface area (Å²) in [6, 6.07) is 0.0171. The van der Waals surface area contributed by atoms with Crippen molar-refractivity contribution in [3.8, 4) is 11.3 Å². The molecule has 4 heterocycles. The van der Waals surface area contributed by atoms with Gasteiger partial charge < -0.3 is 20.5 Å². The molecule has 1 amide bonds. The van der Waals surface area contributed by atoms with Crippen molar-refractivity contribution >= 4 is 11.9 Å². The maximum absolute atomic E-state index is 14.0. The molecule has 3 N–H and O–H groups in total. The van der Waals surface area contributed by atoms with Crippen LogP contribution in [0.3, 0.4) is 0 Å². The summed E-state index contributed by atoms with van der Waals surface area (Å²) in [5.74, 6) is -0.0284.